The lowest BCUT2D eigenvalue weighted by Crippen LogP contribution is -2.74. The van der Waals surface area contributed by atoms with Crippen molar-refractivity contribution >= 4 is 5.91 Å². The second-order valence-electron chi connectivity index (χ2n) is 11.6. The number of rotatable bonds is 4. The molecule has 0 unspecified atom stereocenters. The van der Waals surface area contributed by atoms with E-state index in [0.717, 1.165) is 43.0 Å². The van der Waals surface area contributed by atoms with Crippen LogP contribution in [0.1, 0.15) is 43.2 Å². The quantitative estimate of drug-likeness (QED) is 0.692. The SMILES string of the molecule is O=C(CN1CC[C@H](F)C1)N1CC[C@@]2(O)[C@H]3Cc4ccc(O)c5c4[C@@]2(CCN3CC2CC2)[C@H](C1)O5. The van der Waals surface area contributed by atoms with Gasteiger partial charge in [-0.15, -0.1) is 0 Å². The molecule has 4 fully saturated rings. The fourth-order valence-electron chi connectivity index (χ4n) is 7.85. The van der Waals surface area contributed by atoms with Gasteiger partial charge in [-0.1, -0.05) is 6.07 Å². The van der Waals surface area contributed by atoms with Crippen molar-refractivity contribution in [1.29, 1.82) is 0 Å². The topological polar surface area (TPSA) is 76.5 Å². The summed E-state index contributed by atoms with van der Waals surface area (Å²) in [4.78, 5) is 19.5. The number of ether oxygens (including phenoxy) is 1. The monoisotopic (exact) mass is 471 g/mol. The first kappa shape index (κ1) is 21.4. The van der Waals surface area contributed by atoms with Crippen LogP contribution in [0.2, 0.25) is 0 Å². The van der Waals surface area contributed by atoms with Crippen molar-refractivity contribution in [2.45, 2.75) is 67.9 Å². The van der Waals surface area contributed by atoms with Crippen LogP contribution in [-0.2, 0) is 16.6 Å². The number of halogens is 1. The Balaban J connectivity index is 1.26. The van der Waals surface area contributed by atoms with Crippen LogP contribution < -0.4 is 4.74 Å². The molecule has 1 aromatic carbocycles. The standard InChI is InChI=1S/C26H34FN3O4/c27-18-5-8-28(13-18)15-22(32)30-10-7-26(33)20-11-17-3-4-19(31)24-23(17)25(26,21(14-30)34-24)6-9-29(20)12-16-1-2-16/h3-4,16,18,20-21,31,33H,1-2,5-15H2/t18-,20+,21-,25+,26+/m0/s1. The lowest BCUT2D eigenvalue weighted by Gasteiger charge is -2.60. The zero-order valence-electron chi connectivity index (χ0n) is 19.6. The molecule has 1 saturated carbocycles. The van der Waals surface area contributed by atoms with Crippen LogP contribution in [0.25, 0.3) is 0 Å². The number of likely N-dealkylation sites (tertiary alicyclic amines) is 3. The van der Waals surface area contributed by atoms with Crippen LogP contribution in [-0.4, -0.2) is 101 Å². The van der Waals surface area contributed by atoms with E-state index in [9.17, 15) is 19.4 Å². The predicted molar refractivity (Wildman–Crippen MR) is 123 cm³/mol. The molecule has 2 bridgehead atoms. The van der Waals surface area contributed by atoms with E-state index in [1.165, 1.54) is 12.8 Å². The molecule has 7 nitrogen and oxygen atoms in total. The third-order valence-electron chi connectivity index (χ3n) is 9.72. The first-order valence-electron chi connectivity index (χ1n) is 13.0. The molecule has 7 rings (SSSR count). The van der Waals surface area contributed by atoms with Gasteiger partial charge >= 0.3 is 0 Å². The average Bonchev–Trinajstić information content (AvgIpc) is 3.46. The lowest BCUT2D eigenvalue weighted by atomic mass is 9.52. The Bertz CT molecular complexity index is 1030. The molecular weight excluding hydrogens is 437 g/mol. The Morgan fingerprint density at radius 2 is 2.00 bits per heavy atom. The molecule has 2 aliphatic carbocycles. The summed E-state index contributed by atoms with van der Waals surface area (Å²) in [6.45, 7) is 3.91. The highest BCUT2D eigenvalue weighted by Gasteiger charge is 2.71. The molecule has 1 aromatic rings. The van der Waals surface area contributed by atoms with Crippen molar-refractivity contribution < 1.29 is 24.1 Å². The van der Waals surface area contributed by atoms with Crippen molar-refractivity contribution in [3.63, 3.8) is 0 Å². The van der Waals surface area contributed by atoms with Gasteiger partial charge in [0, 0.05) is 37.8 Å². The molecule has 184 valence electrons. The van der Waals surface area contributed by atoms with Crippen LogP contribution in [0.5, 0.6) is 11.5 Å². The van der Waals surface area contributed by atoms with Gasteiger partial charge in [-0.25, -0.2) is 4.39 Å². The van der Waals surface area contributed by atoms with Crippen LogP contribution in [0.15, 0.2) is 12.1 Å². The van der Waals surface area contributed by atoms with E-state index < -0.39 is 23.3 Å². The van der Waals surface area contributed by atoms with Crippen molar-refractivity contribution in [3.8, 4) is 11.5 Å². The van der Waals surface area contributed by atoms with Gasteiger partial charge in [0.25, 0.3) is 0 Å². The van der Waals surface area contributed by atoms with Gasteiger partial charge in [-0.2, -0.15) is 0 Å². The summed E-state index contributed by atoms with van der Waals surface area (Å²) in [5.74, 6) is 1.32. The number of carbonyl (C=O) groups is 1. The molecule has 3 saturated heterocycles. The maximum Gasteiger partial charge on any atom is 0.236 e. The molecule has 1 spiro atoms. The largest absolute Gasteiger partial charge is 0.504 e. The molecule has 0 aromatic heterocycles. The summed E-state index contributed by atoms with van der Waals surface area (Å²) in [6, 6.07) is 3.70. The fraction of sp³-hybridized carbons (Fsp3) is 0.731. The number of hydrogen-bond acceptors (Lipinski definition) is 6. The first-order valence-corrected chi connectivity index (χ1v) is 13.0. The number of hydrogen-bond donors (Lipinski definition) is 2. The molecule has 4 heterocycles. The summed E-state index contributed by atoms with van der Waals surface area (Å²) >= 11 is 0. The number of phenols is 1. The molecule has 5 atom stereocenters. The van der Waals surface area contributed by atoms with Gasteiger partial charge in [-0.05, 0) is 62.6 Å². The Labute approximate surface area is 199 Å². The maximum absolute atomic E-state index is 13.7. The highest BCUT2D eigenvalue weighted by molar-refractivity contribution is 5.78. The summed E-state index contributed by atoms with van der Waals surface area (Å²) in [5, 5.41) is 23.3. The van der Waals surface area contributed by atoms with Crippen molar-refractivity contribution in [3.05, 3.63) is 23.3 Å². The van der Waals surface area contributed by atoms with E-state index in [-0.39, 0.29) is 24.2 Å². The third-order valence-corrected chi connectivity index (χ3v) is 9.72. The Hall–Kier alpha value is -1.90. The number of amides is 1. The van der Waals surface area contributed by atoms with Crippen molar-refractivity contribution in [1.82, 2.24) is 14.7 Å². The highest BCUT2D eigenvalue weighted by Crippen LogP contribution is 2.63. The number of aliphatic hydroxyl groups is 1. The summed E-state index contributed by atoms with van der Waals surface area (Å²) in [7, 11) is 0. The van der Waals surface area contributed by atoms with Crippen LogP contribution in [0.3, 0.4) is 0 Å². The van der Waals surface area contributed by atoms with Crippen LogP contribution in [0.4, 0.5) is 4.39 Å². The Morgan fingerprint density at radius 1 is 1.15 bits per heavy atom. The molecule has 4 aliphatic heterocycles. The summed E-state index contributed by atoms with van der Waals surface area (Å²) in [6.07, 6.45) is 3.76. The molecule has 1 amide bonds. The second-order valence-corrected chi connectivity index (χ2v) is 11.6. The van der Waals surface area contributed by atoms with E-state index in [4.69, 9.17) is 4.74 Å². The molecule has 8 heteroatoms. The van der Waals surface area contributed by atoms with Crippen molar-refractivity contribution in [2.75, 3.05) is 45.8 Å². The van der Waals surface area contributed by atoms with Crippen molar-refractivity contribution in [2.24, 2.45) is 5.92 Å². The predicted octanol–water partition coefficient (Wildman–Crippen LogP) is 1.44. The zero-order chi connectivity index (χ0) is 23.2. The normalized spacial score (nSPS) is 39.0. The summed E-state index contributed by atoms with van der Waals surface area (Å²) < 4.78 is 20.1. The second kappa shape index (κ2) is 7.31. The van der Waals surface area contributed by atoms with E-state index in [0.29, 0.717) is 44.8 Å². The van der Waals surface area contributed by atoms with Gasteiger partial charge in [-0.3, -0.25) is 14.6 Å². The Kier molecular flexibility index (Phi) is 4.60. The molecule has 2 N–H and O–H groups in total. The fourth-order valence-corrected chi connectivity index (χ4v) is 7.85. The number of alkyl halides is 1. The third kappa shape index (κ3) is 2.88. The Morgan fingerprint density at radius 3 is 2.76 bits per heavy atom. The van der Waals surface area contributed by atoms with E-state index in [1.54, 1.807) is 6.07 Å². The minimum absolute atomic E-state index is 0.0168. The minimum atomic E-state index is -1.02. The smallest absolute Gasteiger partial charge is 0.236 e. The molecule has 34 heavy (non-hydrogen) atoms. The number of nitrogens with zero attached hydrogens (tertiary/aromatic N) is 3. The average molecular weight is 472 g/mol. The van der Waals surface area contributed by atoms with Crippen LogP contribution >= 0.6 is 0 Å². The maximum atomic E-state index is 13.7. The van der Waals surface area contributed by atoms with Gasteiger partial charge in [0.1, 0.15) is 12.3 Å². The van der Waals surface area contributed by atoms with Gasteiger partial charge in [0.2, 0.25) is 5.91 Å². The minimum Gasteiger partial charge on any atom is -0.504 e. The zero-order valence-corrected chi connectivity index (χ0v) is 19.6. The highest BCUT2D eigenvalue weighted by atomic mass is 19.1. The van der Waals surface area contributed by atoms with Gasteiger partial charge in [0.05, 0.1) is 24.1 Å². The number of aromatic hydroxyl groups is 1. The van der Waals surface area contributed by atoms with Gasteiger partial charge < -0.3 is 19.8 Å². The van der Waals surface area contributed by atoms with Gasteiger partial charge in [0.15, 0.2) is 11.5 Å². The number of benzene rings is 1. The first-order chi connectivity index (χ1) is 16.4. The number of piperidine rings is 1. The van der Waals surface area contributed by atoms with E-state index in [1.807, 2.05) is 15.9 Å². The lowest BCUT2D eigenvalue weighted by molar-refractivity contribution is -0.162. The number of carbonyl (C=O) groups excluding carboxylic acids is 1. The molecule has 6 aliphatic rings. The number of phenolic OH excluding ortho intramolecular Hbond substituents is 1. The summed E-state index contributed by atoms with van der Waals surface area (Å²) in [5.41, 5.74) is 0.503. The van der Waals surface area contributed by atoms with E-state index >= 15 is 0 Å². The molecular formula is C26H34FN3O4. The van der Waals surface area contributed by atoms with E-state index in [2.05, 4.69) is 4.90 Å². The molecule has 0 radical (unpaired) electrons. The van der Waals surface area contributed by atoms with Crippen LogP contribution in [0, 0.1) is 5.92 Å².